The topological polar surface area (TPSA) is 30.5 Å². The van der Waals surface area contributed by atoms with Crippen molar-refractivity contribution in [3.8, 4) is 0 Å². The van der Waals surface area contributed by atoms with E-state index in [0.717, 1.165) is 6.07 Å². The van der Waals surface area contributed by atoms with Crippen LogP contribution in [0.2, 0.25) is 0 Å². The van der Waals surface area contributed by atoms with Gasteiger partial charge in [0.1, 0.15) is 11.6 Å². The number of ether oxygens (including phenoxy) is 2. The lowest BCUT2D eigenvalue weighted by Gasteiger charge is -2.25. The summed E-state index contributed by atoms with van der Waals surface area (Å²) in [5.74, 6) is -1.09. The third-order valence-electron chi connectivity index (χ3n) is 2.97. The van der Waals surface area contributed by atoms with Crippen molar-refractivity contribution in [1.29, 1.82) is 0 Å². The first-order valence-corrected chi connectivity index (χ1v) is 6.04. The van der Waals surface area contributed by atoms with Crippen LogP contribution in [0.15, 0.2) is 18.2 Å². The van der Waals surface area contributed by atoms with Crippen LogP contribution in [-0.2, 0) is 9.47 Å². The Morgan fingerprint density at radius 1 is 1.39 bits per heavy atom. The average Bonchev–Trinajstić information content (AvgIpc) is 2.37. The Hall–Kier alpha value is -1.04. The van der Waals surface area contributed by atoms with Crippen molar-refractivity contribution in [1.82, 2.24) is 5.32 Å². The van der Waals surface area contributed by atoms with Crippen molar-refractivity contribution < 1.29 is 18.3 Å². The number of hydrogen-bond donors (Lipinski definition) is 1. The Morgan fingerprint density at radius 2 is 2.22 bits per heavy atom. The first-order valence-electron chi connectivity index (χ1n) is 6.04. The van der Waals surface area contributed by atoms with Gasteiger partial charge < -0.3 is 14.8 Å². The zero-order valence-electron chi connectivity index (χ0n) is 10.3. The fourth-order valence-electron chi connectivity index (χ4n) is 1.93. The molecule has 0 radical (unpaired) electrons. The van der Waals surface area contributed by atoms with Crippen LogP contribution in [0.4, 0.5) is 8.78 Å². The van der Waals surface area contributed by atoms with E-state index in [1.807, 2.05) is 6.92 Å². The van der Waals surface area contributed by atoms with E-state index in [4.69, 9.17) is 9.47 Å². The molecular formula is C13H17F2NO2. The van der Waals surface area contributed by atoms with E-state index in [2.05, 4.69) is 5.32 Å². The molecule has 0 amide bonds. The van der Waals surface area contributed by atoms with Crippen LogP contribution in [0, 0.1) is 11.6 Å². The average molecular weight is 257 g/mol. The van der Waals surface area contributed by atoms with Crippen molar-refractivity contribution in [3.63, 3.8) is 0 Å². The molecule has 0 saturated carbocycles. The number of nitrogens with one attached hydrogen (secondary N) is 1. The lowest BCUT2D eigenvalue weighted by molar-refractivity contribution is -0.0870. The molecule has 0 aliphatic carbocycles. The molecule has 1 aliphatic heterocycles. The van der Waals surface area contributed by atoms with E-state index in [1.165, 1.54) is 12.1 Å². The monoisotopic (exact) mass is 257 g/mol. The summed E-state index contributed by atoms with van der Waals surface area (Å²) in [6.45, 7) is 4.17. The van der Waals surface area contributed by atoms with Gasteiger partial charge in [0.2, 0.25) is 0 Å². The third-order valence-corrected chi connectivity index (χ3v) is 2.97. The molecule has 1 heterocycles. The van der Waals surface area contributed by atoms with E-state index < -0.39 is 11.6 Å². The highest BCUT2D eigenvalue weighted by molar-refractivity contribution is 5.21. The predicted octanol–water partition coefficient (Wildman–Crippen LogP) is 2.03. The number of rotatable bonds is 4. The van der Waals surface area contributed by atoms with Gasteiger partial charge in [0.05, 0.1) is 25.9 Å². The van der Waals surface area contributed by atoms with E-state index in [1.54, 1.807) is 0 Å². The maximum Gasteiger partial charge on any atom is 0.130 e. The summed E-state index contributed by atoms with van der Waals surface area (Å²) in [5, 5.41) is 3.16. The lowest BCUT2D eigenvalue weighted by Crippen LogP contribution is -2.38. The van der Waals surface area contributed by atoms with E-state index >= 15 is 0 Å². The molecular weight excluding hydrogens is 240 g/mol. The fourth-order valence-corrected chi connectivity index (χ4v) is 1.93. The maximum absolute atomic E-state index is 13.5. The Morgan fingerprint density at radius 3 is 2.89 bits per heavy atom. The van der Waals surface area contributed by atoms with Crippen molar-refractivity contribution in [3.05, 3.63) is 35.4 Å². The molecule has 1 aliphatic rings. The minimum atomic E-state index is -0.563. The third kappa shape index (κ3) is 3.48. The molecule has 0 aromatic heterocycles. The number of halogens is 2. The molecule has 100 valence electrons. The Labute approximate surface area is 105 Å². The highest BCUT2D eigenvalue weighted by atomic mass is 19.1. The quantitative estimate of drug-likeness (QED) is 0.895. The van der Waals surface area contributed by atoms with Crippen molar-refractivity contribution >= 4 is 0 Å². The largest absolute Gasteiger partial charge is 0.376 e. The van der Waals surface area contributed by atoms with Gasteiger partial charge in [-0.25, -0.2) is 8.78 Å². The van der Waals surface area contributed by atoms with Gasteiger partial charge >= 0.3 is 0 Å². The standard InChI is InChI=1S/C13H17F2NO2/c1-9(12-3-2-10(14)6-13(12)15)16-7-11-8-17-4-5-18-11/h2-3,6,9,11,16H,4-5,7-8H2,1H3. The van der Waals surface area contributed by atoms with Crippen LogP contribution in [-0.4, -0.2) is 32.5 Å². The van der Waals surface area contributed by atoms with Crippen LogP contribution in [0.25, 0.3) is 0 Å². The van der Waals surface area contributed by atoms with E-state index in [-0.39, 0.29) is 12.1 Å². The van der Waals surface area contributed by atoms with Gasteiger partial charge in [0.15, 0.2) is 0 Å². The van der Waals surface area contributed by atoms with Gasteiger partial charge in [0, 0.05) is 24.2 Å². The summed E-state index contributed by atoms with van der Waals surface area (Å²) in [6, 6.07) is 3.42. The molecule has 1 saturated heterocycles. The molecule has 1 fully saturated rings. The maximum atomic E-state index is 13.5. The molecule has 5 heteroatoms. The van der Waals surface area contributed by atoms with Crippen LogP contribution in [0.3, 0.4) is 0 Å². The second kappa shape index (κ2) is 6.22. The molecule has 1 aromatic carbocycles. The summed E-state index contributed by atoms with van der Waals surface area (Å²) >= 11 is 0. The van der Waals surface area contributed by atoms with Crippen LogP contribution >= 0.6 is 0 Å². The van der Waals surface area contributed by atoms with Gasteiger partial charge in [-0.15, -0.1) is 0 Å². The van der Waals surface area contributed by atoms with Crippen LogP contribution in [0.1, 0.15) is 18.5 Å². The molecule has 0 spiro atoms. The second-order valence-electron chi connectivity index (χ2n) is 4.36. The van der Waals surface area contributed by atoms with E-state index in [9.17, 15) is 8.78 Å². The summed E-state index contributed by atoms with van der Waals surface area (Å²) in [5.41, 5.74) is 0.452. The minimum Gasteiger partial charge on any atom is -0.376 e. The summed E-state index contributed by atoms with van der Waals surface area (Å²) in [4.78, 5) is 0. The highest BCUT2D eigenvalue weighted by Crippen LogP contribution is 2.17. The summed E-state index contributed by atoms with van der Waals surface area (Å²) in [7, 11) is 0. The van der Waals surface area contributed by atoms with Gasteiger partial charge in [-0.2, -0.15) is 0 Å². The molecule has 2 atom stereocenters. The molecule has 0 bridgehead atoms. The molecule has 1 aromatic rings. The summed E-state index contributed by atoms with van der Waals surface area (Å²) in [6.07, 6.45) is -0.00953. The Balaban J connectivity index is 1.88. The van der Waals surface area contributed by atoms with Crippen molar-refractivity contribution in [2.45, 2.75) is 19.1 Å². The van der Waals surface area contributed by atoms with Crippen LogP contribution < -0.4 is 5.32 Å². The fraction of sp³-hybridized carbons (Fsp3) is 0.538. The van der Waals surface area contributed by atoms with Gasteiger partial charge in [-0.3, -0.25) is 0 Å². The first-order chi connectivity index (χ1) is 8.66. The zero-order valence-corrected chi connectivity index (χ0v) is 10.3. The van der Waals surface area contributed by atoms with Crippen molar-refractivity contribution in [2.24, 2.45) is 0 Å². The van der Waals surface area contributed by atoms with Crippen LogP contribution in [0.5, 0.6) is 0 Å². The van der Waals surface area contributed by atoms with Crippen molar-refractivity contribution in [2.75, 3.05) is 26.4 Å². The smallest absolute Gasteiger partial charge is 0.130 e. The van der Waals surface area contributed by atoms with Gasteiger partial charge in [0.25, 0.3) is 0 Å². The molecule has 1 N–H and O–H groups in total. The first kappa shape index (κ1) is 13.4. The molecule has 2 rings (SSSR count). The highest BCUT2D eigenvalue weighted by Gasteiger charge is 2.17. The Bertz CT molecular complexity index is 395. The minimum absolute atomic E-state index is 0.00953. The number of hydrogen-bond acceptors (Lipinski definition) is 3. The van der Waals surface area contributed by atoms with E-state index in [0.29, 0.717) is 31.9 Å². The normalized spacial score (nSPS) is 21.8. The predicted molar refractivity (Wildman–Crippen MR) is 63.3 cm³/mol. The van der Waals surface area contributed by atoms with Gasteiger partial charge in [-0.05, 0) is 13.0 Å². The zero-order chi connectivity index (χ0) is 13.0. The van der Waals surface area contributed by atoms with Gasteiger partial charge in [-0.1, -0.05) is 6.07 Å². The number of benzene rings is 1. The second-order valence-corrected chi connectivity index (χ2v) is 4.36. The molecule has 2 unspecified atom stereocenters. The molecule has 3 nitrogen and oxygen atoms in total. The SMILES string of the molecule is CC(NCC1COCCO1)c1ccc(F)cc1F. The molecule has 18 heavy (non-hydrogen) atoms. The Kier molecular flexibility index (Phi) is 4.63. The summed E-state index contributed by atoms with van der Waals surface area (Å²) < 4.78 is 37.1. The lowest BCUT2D eigenvalue weighted by atomic mass is 10.1.